The number of ether oxygens (including phenoxy) is 1. The number of nitrogens with one attached hydrogen (secondary N) is 2. The zero-order chi connectivity index (χ0) is 23.3. The lowest BCUT2D eigenvalue weighted by Gasteiger charge is -2.20. The highest BCUT2D eigenvalue weighted by molar-refractivity contribution is 5.85. The van der Waals surface area contributed by atoms with Gasteiger partial charge < -0.3 is 36.4 Å². The van der Waals surface area contributed by atoms with Crippen molar-refractivity contribution >= 4 is 22.9 Å². The highest BCUT2D eigenvalue weighted by atomic mass is 16.6. The van der Waals surface area contributed by atoms with Crippen molar-refractivity contribution in [2.45, 2.75) is 70.6 Å². The van der Waals surface area contributed by atoms with Gasteiger partial charge in [0.05, 0.1) is 6.61 Å². The third-order valence-electron chi connectivity index (χ3n) is 5.48. The van der Waals surface area contributed by atoms with Crippen molar-refractivity contribution < 1.29 is 20.1 Å². The van der Waals surface area contributed by atoms with Crippen LogP contribution in [-0.4, -0.2) is 78.9 Å². The van der Waals surface area contributed by atoms with E-state index in [0.717, 1.165) is 19.3 Å². The summed E-state index contributed by atoms with van der Waals surface area (Å²) in [6.07, 6.45) is 1.99. The number of anilines is 2. The van der Waals surface area contributed by atoms with E-state index in [1.54, 1.807) is 4.57 Å². The number of imidazole rings is 1. The van der Waals surface area contributed by atoms with Crippen LogP contribution in [0.1, 0.15) is 46.3 Å². The van der Waals surface area contributed by atoms with Gasteiger partial charge in [0.1, 0.15) is 24.6 Å². The van der Waals surface area contributed by atoms with E-state index in [2.05, 4.69) is 32.5 Å². The molecule has 3 heterocycles. The maximum Gasteiger partial charge on any atom is 0.207 e. The first-order valence-corrected chi connectivity index (χ1v) is 11.1. The van der Waals surface area contributed by atoms with Crippen LogP contribution in [0, 0.1) is 0 Å². The van der Waals surface area contributed by atoms with E-state index in [9.17, 15) is 15.3 Å². The summed E-state index contributed by atoms with van der Waals surface area (Å²) in [6, 6.07) is -0.0743. The molecule has 11 heteroatoms. The van der Waals surface area contributed by atoms with Gasteiger partial charge in [0, 0.05) is 19.1 Å². The molecule has 1 saturated heterocycles. The molecule has 32 heavy (non-hydrogen) atoms. The fraction of sp³-hybridized carbons (Fsp3) is 0.667. The summed E-state index contributed by atoms with van der Waals surface area (Å²) in [5.74, 6) is 0.934. The molecule has 178 valence electrons. The first kappa shape index (κ1) is 24.3. The van der Waals surface area contributed by atoms with Gasteiger partial charge in [-0.05, 0) is 20.3 Å². The SMILES string of the molecule is CCCCC(N)CNc1nc2c(NCC=C(C)C)ncnc2n1[C@@H]1O[C@H](CO)[C@@H](O)[C@H]1O. The van der Waals surface area contributed by atoms with Crippen LogP contribution in [-0.2, 0) is 4.74 Å². The van der Waals surface area contributed by atoms with Crippen LogP contribution >= 0.6 is 0 Å². The lowest BCUT2D eigenvalue weighted by molar-refractivity contribution is -0.0501. The van der Waals surface area contributed by atoms with Crippen molar-refractivity contribution in [2.75, 3.05) is 30.3 Å². The molecule has 3 rings (SSSR count). The van der Waals surface area contributed by atoms with Crippen molar-refractivity contribution in [3.63, 3.8) is 0 Å². The molecule has 2 aromatic heterocycles. The number of rotatable bonds is 11. The fourth-order valence-corrected chi connectivity index (χ4v) is 3.64. The first-order valence-electron chi connectivity index (χ1n) is 11.1. The summed E-state index contributed by atoms with van der Waals surface area (Å²) in [5.41, 5.74) is 8.32. The topological polar surface area (TPSA) is 164 Å². The van der Waals surface area contributed by atoms with Gasteiger partial charge in [-0.3, -0.25) is 4.57 Å². The Labute approximate surface area is 187 Å². The smallest absolute Gasteiger partial charge is 0.207 e. The van der Waals surface area contributed by atoms with Gasteiger partial charge >= 0.3 is 0 Å². The second-order valence-electron chi connectivity index (χ2n) is 8.37. The number of nitrogens with two attached hydrogens (primary N) is 1. The zero-order valence-corrected chi connectivity index (χ0v) is 18.9. The highest BCUT2D eigenvalue weighted by Gasteiger charge is 2.45. The number of fused-ring (bicyclic) bond motifs is 1. The Morgan fingerprint density at radius 1 is 1.28 bits per heavy atom. The van der Waals surface area contributed by atoms with Crippen LogP contribution in [0.25, 0.3) is 11.2 Å². The molecule has 1 aliphatic rings. The molecule has 0 spiro atoms. The number of allylic oxidation sites excluding steroid dienone is 1. The number of hydrogen-bond donors (Lipinski definition) is 6. The molecule has 0 aromatic carbocycles. The Hall–Kier alpha value is -2.31. The molecule has 0 aliphatic carbocycles. The molecule has 5 atom stereocenters. The zero-order valence-electron chi connectivity index (χ0n) is 18.9. The molecule has 11 nitrogen and oxygen atoms in total. The molecule has 2 aromatic rings. The number of aromatic nitrogens is 4. The van der Waals surface area contributed by atoms with E-state index in [4.69, 9.17) is 10.5 Å². The number of unbranched alkanes of at least 4 members (excludes halogenated alkanes) is 1. The fourth-order valence-electron chi connectivity index (χ4n) is 3.64. The van der Waals surface area contributed by atoms with Crippen LogP contribution < -0.4 is 16.4 Å². The highest BCUT2D eigenvalue weighted by Crippen LogP contribution is 2.35. The van der Waals surface area contributed by atoms with Crippen molar-refractivity contribution in [1.29, 1.82) is 0 Å². The average molecular weight is 450 g/mol. The number of aliphatic hydroxyl groups excluding tert-OH is 3. The molecule has 0 saturated carbocycles. The van der Waals surface area contributed by atoms with Gasteiger partial charge in [0.2, 0.25) is 5.95 Å². The standard InChI is InChI=1S/C21H35N7O4/c1-4-5-6-13(22)9-24-21-27-15-18(23-8-7-12(2)3)25-11-26-19(15)28(21)20-17(31)16(30)14(10-29)32-20/h7,11,13-14,16-17,20,29-31H,4-6,8-10,22H2,1-3H3,(H,24,27)(H,23,25,26)/t13?,14-,16-,17-,20-/m1/s1. The monoisotopic (exact) mass is 449 g/mol. The van der Waals surface area contributed by atoms with E-state index >= 15 is 0 Å². The largest absolute Gasteiger partial charge is 0.394 e. The summed E-state index contributed by atoms with van der Waals surface area (Å²) in [4.78, 5) is 13.3. The second-order valence-corrected chi connectivity index (χ2v) is 8.37. The predicted molar refractivity (Wildman–Crippen MR) is 122 cm³/mol. The van der Waals surface area contributed by atoms with E-state index < -0.39 is 31.1 Å². The predicted octanol–water partition coefficient (Wildman–Crippen LogP) is 0.745. The Bertz CT molecular complexity index is 915. The van der Waals surface area contributed by atoms with Crippen LogP contribution in [0.4, 0.5) is 11.8 Å². The van der Waals surface area contributed by atoms with Crippen LogP contribution in [0.5, 0.6) is 0 Å². The minimum atomic E-state index is -1.27. The molecular formula is C21H35N7O4. The summed E-state index contributed by atoms with van der Waals surface area (Å²) >= 11 is 0. The molecule has 7 N–H and O–H groups in total. The quantitative estimate of drug-likeness (QED) is 0.270. The summed E-state index contributed by atoms with van der Waals surface area (Å²) < 4.78 is 7.36. The Morgan fingerprint density at radius 2 is 2.06 bits per heavy atom. The first-order chi connectivity index (χ1) is 15.4. The van der Waals surface area contributed by atoms with Crippen molar-refractivity contribution in [3.8, 4) is 0 Å². The van der Waals surface area contributed by atoms with Gasteiger partial charge in [0.25, 0.3) is 0 Å². The number of nitrogens with zero attached hydrogens (tertiary/aromatic N) is 4. The lowest BCUT2D eigenvalue weighted by atomic mass is 10.1. The molecule has 1 aliphatic heterocycles. The van der Waals surface area contributed by atoms with Gasteiger partial charge in [-0.15, -0.1) is 0 Å². The van der Waals surface area contributed by atoms with Crippen molar-refractivity contribution in [2.24, 2.45) is 5.73 Å². The van der Waals surface area contributed by atoms with E-state index in [0.29, 0.717) is 36.0 Å². The number of aliphatic hydroxyl groups is 3. The minimum Gasteiger partial charge on any atom is -0.394 e. The van der Waals surface area contributed by atoms with E-state index in [1.807, 2.05) is 19.9 Å². The number of hydrogen-bond acceptors (Lipinski definition) is 10. The van der Waals surface area contributed by atoms with E-state index in [1.165, 1.54) is 11.9 Å². The maximum absolute atomic E-state index is 10.6. The third-order valence-corrected chi connectivity index (χ3v) is 5.48. The second kappa shape index (κ2) is 11.0. The third kappa shape index (κ3) is 5.36. The Balaban J connectivity index is 1.97. The lowest BCUT2D eigenvalue weighted by Crippen LogP contribution is -2.34. The minimum absolute atomic E-state index is 0.0743. The Kier molecular flexibility index (Phi) is 8.38. The van der Waals surface area contributed by atoms with Crippen LogP contribution in [0.15, 0.2) is 18.0 Å². The van der Waals surface area contributed by atoms with Gasteiger partial charge in [-0.1, -0.05) is 31.4 Å². The van der Waals surface area contributed by atoms with Gasteiger partial charge in [-0.25, -0.2) is 15.0 Å². The van der Waals surface area contributed by atoms with Crippen LogP contribution in [0.3, 0.4) is 0 Å². The molecular weight excluding hydrogens is 414 g/mol. The van der Waals surface area contributed by atoms with Gasteiger partial charge in [0.15, 0.2) is 23.2 Å². The molecule has 0 bridgehead atoms. The molecule has 1 unspecified atom stereocenters. The van der Waals surface area contributed by atoms with E-state index in [-0.39, 0.29) is 6.04 Å². The summed E-state index contributed by atoms with van der Waals surface area (Å²) in [5, 5.41) is 36.9. The summed E-state index contributed by atoms with van der Waals surface area (Å²) in [7, 11) is 0. The molecule has 0 radical (unpaired) electrons. The Morgan fingerprint density at radius 3 is 2.72 bits per heavy atom. The maximum atomic E-state index is 10.6. The van der Waals surface area contributed by atoms with Crippen molar-refractivity contribution in [3.05, 3.63) is 18.0 Å². The van der Waals surface area contributed by atoms with Crippen molar-refractivity contribution in [1.82, 2.24) is 19.5 Å². The normalized spacial score (nSPS) is 24.0. The molecule has 0 amide bonds. The summed E-state index contributed by atoms with van der Waals surface area (Å²) in [6.45, 7) is 6.75. The van der Waals surface area contributed by atoms with Gasteiger partial charge in [-0.2, -0.15) is 0 Å². The molecule has 1 fully saturated rings. The average Bonchev–Trinajstić information content (AvgIpc) is 3.28. The van der Waals surface area contributed by atoms with Crippen LogP contribution in [0.2, 0.25) is 0 Å².